The number of benzene rings is 2. The van der Waals surface area contributed by atoms with Gasteiger partial charge in [-0.25, -0.2) is 0 Å². The summed E-state index contributed by atoms with van der Waals surface area (Å²) in [5.41, 5.74) is 2.02. The number of esters is 1. The van der Waals surface area contributed by atoms with Crippen LogP contribution in [0.2, 0.25) is 0 Å². The van der Waals surface area contributed by atoms with Crippen molar-refractivity contribution in [1.82, 2.24) is 0 Å². The number of carbonyl (C=O) groups is 1. The van der Waals surface area contributed by atoms with E-state index in [9.17, 15) is 10.1 Å². The maximum Gasteiger partial charge on any atom is 0.326 e. The molecule has 0 amide bonds. The summed E-state index contributed by atoms with van der Waals surface area (Å²) in [6.45, 7) is 0. The Morgan fingerprint density at radius 2 is 1.96 bits per heavy atom. The predicted molar refractivity (Wildman–Crippen MR) is 89.3 cm³/mol. The van der Waals surface area contributed by atoms with Gasteiger partial charge >= 0.3 is 5.97 Å². The molecule has 2 aromatic rings. The average molecular weight is 328 g/mol. The van der Waals surface area contributed by atoms with Gasteiger partial charge in [0.25, 0.3) is 0 Å². The molecule has 0 saturated carbocycles. The summed E-state index contributed by atoms with van der Waals surface area (Å²) < 4.78 is 10.2. The molecule has 23 heavy (non-hydrogen) atoms. The monoisotopic (exact) mass is 327 g/mol. The van der Waals surface area contributed by atoms with Crippen molar-refractivity contribution in [3.63, 3.8) is 0 Å². The van der Waals surface area contributed by atoms with Gasteiger partial charge in [-0.15, -0.1) is 11.6 Å². The molecule has 0 radical (unpaired) electrons. The number of nitriles is 1. The Morgan fingerprint density at radius 1 is 1.22 bits per heavy atom. The molecule has 2 rings (SSSR count). The normalized spacial score (nSPS) is 10.7. The molecule has 0 spiro atoms. The molecule has 4 nitrogen and oxygen atoms in total. The van der Waals surface area contributed by atoms with E-state index in [1.165, 1.54) is 0 Å². The molecule has 0 aromatic heterocycles. The summed E-state index contributed by atoms with van der Waals surface area (Å²) in [6.07, 6.45) is 1.72. The zero-order valence-corrected chi connectivity index (χ0v) is 13.2. The number of nitrogens with zero attached hydrogens (tertiary/aromatic N) is 1. The number of halogens is 1. The van der Waals surface area contributed by atoms with Gasteiger partial charge in [-0.1, -0.05) is 12.1 Å². The Bertz CT molecular complexity index is 761. The second-order valence-electron chi connectivity index (χ2n) is 4.58. The van der Waals surface area contributed by atoms with Crippen LogP contribution in [0.25, 0.3) is 11.6 Å². The van der Waals surface area contributed by atoms with Crippen LogP contribution in [0, 0.1) is 11.3 Å². The molecule has 0 N–H and O–H groups in total. The van der Waals surface area contributed by atoms with E-state index in [1.54, 1.807) is 43.5 Å². The van der Waals surface area contributed by atoms with E-state index in [-0.39, 0.29) is 5.88 Å². The Balaban J connectivity index is 2.28. The van der Waals surface area contributed by atoms with E-state index < -0.39 is 5.97 Å². The van der Waals surface area contributed by atoms with E-state index in [1.807, 2.05) is 18.2 Å². The van der Waals surface area contributed by atoms with Crippen LogP contribution in [0.5, 0.6) is 11.5 Å². The Hall–Kier alpha value is -2.77. The second kappa shape index (κ2) is 8.02. The zero-order valence-electron chi connectivity index (χ0n) is 12.5. The largest absolute Gasteiger partial charge is 0.497 e. The van der Waals surface area contributed by atoms with Gasteiger partial charge in [-0.3, -0.25) is 4.79 Å². The molecule has 116 valence electrons. The van der Waals surface area contributed by atoms with Crippen LogP contribution < -0.4 is 9.47 Å². The number of alkyl halides is 1. The summed E-state index contributed by atoms with van der Waals surface area (Å²) in [7, 11) is 1.59. The van der Waals surface area contributed by atoms with Crippen LogP contribution in [0.15, 0.2) is 48.5 Å². The summed E-state index contributed by atoms with van der Waals surface area (Å²) in [5.74, 6) is 0.371. The van der Waals surface area contributed by atoms with E-state index >= 15 is 0 Å². The zero-order chi connectivity index (χ0) is 16.7. The maximum atomic E-state index is 11.2. The van der Waals surface area contributed by atoms with Crippen LogP contribution >= 0.6 is 11.6 Å². The fraction of sp³-hybridized carbons (Fsp3) is 0.111. The number of hydrogen-bond donors (Lipinski definition) is 0. The highest BCUT2D eigenvalue weighted by Gasteiger charge is 2.05. The number of rotatable bonds is 5. The van der Waals surface area contributed by atoms with Crippen molar-refractivity contribution >= 4 is 29.2 Å². The fourth-order valence-corrected chi connectivity index (χ4v) is 2.00. The molecule has 0 unspecified atom stereocenters. The van der Waals surface area contributed by atoms with Crippen LogP contribution in [-0.4, -0.2) is 19.0 Å². The van der Waals surface area contributed by atoms with Crippen LogP contribution in [0.4, 0.5) is 0 Å². The molecule has 0 bridgehead atoms. The quantitative estimate of drug-likeness (QED) is 0.275. The summed E-state index contributed by atoms with van der Waals surface area (Å²) >= 11 is 5.41. The third-order valence-electron chi connectivity index (χ3n) is 3.03. The van der Waals surface area contributed by atoms with E-state index in [0.717, 1.165) is 16.9 Å². The number of methoxy groups -OCH3 is 1. The van der Waals surface area contributed by atoms with Gasteiger partial charge in [0.05, 0.1) is 18.8 Å². The summed E-state index contributed by atoms with van der Waals surface area (Å²) in [5, 5.41) is 9.37. The number of hydrogen-bond acceptors (Lipinski definition) is 4. The van der Waals surface area contributed by atoms with Gasteiger partial charge in [-0.2, -0.15) is 5.26 Å². The molecular formula is C18H14ClNO3. The standard InChI is InChI=1S/C18H14ClNO3/c1-22-16-7-5-14(6-8-16)15(12-20)9-13-3-2-4-17(10-13)23-18(21)11-19/h2-10H,11H2,1H3/b15-9-. The van der Waals surface area contributed by atoms with Crippen molar-refractivity contribution < 1.29 is 14.3 Å². The molecular weight excluding hydrogens is 314 g/mol. The van der Waals surface area contributed by atoms with Crippen molar-refractivity contribution in [3.05, 3.63) is 59.7 Å². The minimum atomic E-state index is -0.525. The molecule has 0 atom stereocenters. The van der Waals surface area contributed by atoms with Crippen molar-refractivity contribution in [2.75, 3.05) is 13.0 Å². The first kappa shape index (κ1) is 16.6. The highest BCUT2D eigenvalue weighted by molar-refractivity contribution is 6.26. The molecule has 2 aromatic carbocycles. The highest BCUT2D eigenvalue weighted by Crippen LogP contribution is 2.22. The Labute approximate surface area is 139 Å². The number of allylic oxidation sites excluding steroid dienone is 1. The van der Waals surface area contributed by atoms with Crippen molar-refractivity contribution in [3.8, 4) is 17.6 Å². The third-order valence-corrected chi connectivity index (χ3v) is 3.25. The molecule has 0 aliphatic rings. The molecule has 0 aliphatic heterocycles. The second-order valence-corrected chi connectivity index (χ2v) is 4.85. The van der Waals surface area contributed by atoms with E-state index in [4.69, 9.17) is 21.1 Å². The van der Waals surface area contributed by atoms with Crippen LogP contribution in [0.3, 0.4) is 0 Å². The lowest BCUT2D eigenvalue weighted by Crippen LogP contribution is -2.08. The number of ether oxygens (including phenoxy) is 2. The smallest absolute Gasteiger partial charge is 0.326 e. The van der Waals surface area contributed by atoms with Gasteiger partial charge in [0.15, 0.2) is 0 Å². The summed E-state index contributed by atoms with van der Waals surface area (Å²) in [4.78, 5) is 11.2. The Morgan fingerprint density at radius 3 is 2.57 bits per heavy atom. The first-order valence-corrected chi connectivity index (χ1v) is 7.32. The topological polar surface area (TPSA) is 59.3 Å². The van der Waals surface area contributed by atoms with Gasteiger partial charge in [-0.05, 0) is 53.6 Å². The van der Waals surface area contributed by atoms with Crippen molar-refractivity contribution in [2.45, 2.75) is 0 Å². The minimum Gasteiger partial charge on any atom is -0.497 e. The predicted octanol–water partition coefficient (Wildman–Crippen LogP) is 3.90. The summed E-state index contributed by atoms with van der Waals surface area (Å²) in [6, 6.07) is 16.3. The molecule has 0 aliphatic carbocycles. The van der Waals surface area contributed by atoms with Gasteiger partial charge in [0.2, 0.25) is 0 Å². The van der Waals surface area contributed by atoms with E-state index in [2.05, 4.69) is 6.07 Å². The van der Waals surface area contributed by atoms with Crippen LogP contribution in [0.1, 0.15) is 11.1 Å². The lowest BCUT2D eigenvalue weighted by atomic mass is 10.0. The fourth-order valence-electron chi connectivity index (χ4n) is 1.94. The van der Waals surface area contributed by atoms with Gasteiger partial charge < -0.3 is 9.47 Å². The Kier molecular flexibility index (Phi) is 5.79. The third kappa shape index (κ3) is 4.60. The number of carbonyl (C=O) groups excluding carboxylic acids is 1. The SMILES string of the molecule is COc1ccc(/C(C#N)=C\c2cccc(OC(=O)CCl)c2)cc1. The first-order valence-electron chi connectivity index (χ1n) is 6.79. The first-order chi connectivity index (χ1) is 11.2. The maximum absolute atomic E-state index is 11.2. The average Bonchev–Trinajstić information content (AvgIpc) is 2.60. The molecule has 5 heteroatoms. The molecule has 0 fully saturated rings. The van der Waals surface area contributed by atoms with Crippen molar-refractivity contribution in [1.29, 1.82) is 5.26 Å². The van der Waals surface area contributed by atoms with Gasteiger partial charge in [0.1, 0.15) is 17.4 Å². The van der Waals surface area contributed by atoms with Gasteiger partial charge in [0, 0.05) is 0 Å². The highest BCUT2D eigenvalue weighted by atomic mass is 35.5. The minimum absolute atomic E-state index is 0.213. The molecule has 0 heterocycles. The lowest BCUT2D eigenvalue weighted by molar-refractivity contribution is -0.131. The molecule has 0 saturated heterocycles. The van der Waals surface area contributed by atoms with E-state index in [0.29, 0.717) is 11.3 Å². The van der Waals surface area contributed by atoms with Crippen LogP contribution in [-0.2, 0) is 4.79 Å². The van der Waals surface area contributed by atoms with Crippen molar-refractivity contribution in [2.24, 2.45) is 0 Å². The lowest BCUT2D eigenvalue weighted by Gasteiger charge is -2.05.